The molecule has 3 aliphatic rings. The van der Waals surface area contributed by atoms with Crippen LogP contribution in [0.25, 0.3) is 0 Å². The molecule has 2 fully saturated rings. The molecule has 4 nitrogen and oxygen atoms in total. The first-order chi connectivity index (χ1) is 8.75. The molecule has 3 rings (SSSR count). The minimum absolute atomic E-state index is 0.0144. The zero-order valence-electron chi connectivity index (χ0n) is 11.8. The van der Waals surface area contributed by atoms with Crippen LogP contribution in [-0.2, 0) is 9.53 Å². The average molecular weight is 266 g/mol. The number of ether oxygens (including phenoxy) is 1. The first-order valence-electron chi connectivity index (χ1n) is 7.07. The lowest BCUT2D eigenvalue weighted by molar-refractivity contribution is -0.175. The van der Waals surface area contributed by atoms with Gasteiger partial charge in [0.1, 0.15) is 6.10 Å². The molecule has 2 saturated carbocycles. The quantitative estimate of drug-likeness (QED) is 0.653. The third-order valence-electron chi connectivity index (χ3n) is 5.71. The lowest BCUT2D eigenvalue weighted by Crippen LogP contribution is -2.58. The molecule has 19 heavy (non-hydrogen) atoms. The first kappa shape index (κ1) is 13.1. The Morgan fingerprint density at radius 3 is 2.74 bits per heavy atom. The number of rotatable bonds is 0. The lowest BCUT2D eigenvalue weighted by atomic mass is 9.52. The molecule has 1 aliphatic heterocycles. The van der Waals surface area contributed by atoms with Gasteiger partial charge in [-0.1, -0.05) is 6.92 Å². The number of aliphatic hydroxyl groups is 2. The predicted octanol–water partition coefficient (Wildman–Crippen LogP) is 1.55. The highest BCUT2D eigenvalue weighted by atomic mass is 16.5. The van der Waals surface area contributed by atoms with Crippen LogP contribution in [0.3, 0.4) is 0 Å². The number of hydrogen-bond acceptors (Lipinski definition) is 4. The Bertz CT molecular complexity index is 465. The van der Waals surface area contributed by atoms with E-state index in [1.807, 2.05) is 13.8 Å². The van der Waals surface area contributed by atoms with Gasteiger partial charge < -0.3 is 14.9 Å². The van der Waals surface area contributed by atoms with Crippen LogP contribution in [0.5, 0.6) is 0 Å². The molecular formula is C15H22O4. The maximum atomic E-state index is 11.7. The zero-order valence-corrected chi connectivity index (χ0v) is 11.8. The molecule has 0 aromatic carbocycles. The summed E-state index contributed by atoms with van der Waals surface area (Å²) in [4.78, 5) is 11.7. The van der Waals surface area contributed by atoms with Crippen LogP contribution in [0.2, 0.25) is 0 Å². The SMILES string of the molecule is CC1=C2CC3C(C)(O)CCC(O)C3(C)CC2OC1=O. The Kier molecular flexibility index (Phi) is 2.64. The van der Waals surface area contributed by atoms with E-state index in [1.54, 1.807) is 6.92 Å². The molecule has 2 aliphatic carbocycles. The van der Waals surface area contributed by atoms with E-state index >= 15 is 0 Å². The molecule has 4 heteroatoms. The van der Waals surface area contributed by atoms with Gasteiger partial charge in [0, 0.05) is 11.0 Å². The van der Waals surface area contributed by atoms with Crippen LogP contribution in [0.4, 0.5) is 0 Å². The summed E-state index contributed by atoms with van der Waals surface area (Å²) in [5.74, 6) is -0.254. The van der Waals surface area contributed by atoms with E-state index < -0.39 is 11.7 Å². The zero-order chi connectivity index (χ0) is 14.0. The smallest absolute Gasteiger partial charge is 0.334 e. The summed E-state index contributed by atoms with van der Waals surface area (Å²) in [6.07, 6.45) is 1.87. The van der Waals surface area contributed by atoms with Crippen LogP contribution in [0.15, 0.2) is 11.1 Å². The van der Waals surface area contributed by atoms with Crippen molar-refractivity contribution in [3.8, 4) is 0 Å². The lowest BCUT2D eigenvalue weighted by Gasteiger charge is -2.55. The largest absolute Gasteiger partial charge is 0.454 e. The number of esters is 1. The second-order valence-corrected chi connectivity index (χ2v) is 6.92. The van der Waals surface area contributed by atoms with Gasteiger partial charge in [-0.25, -0.2) is 4.79 Å². The molecule has 0 amide bonds. The van der Waals surface area contributed by atoms with Crippen LogP contribution in [0, 0.1) is 11.3 Å². The molecular weight excluding hydrogens is 244 g/mol. The Hall–Kier alpha value is -0.870. The number of carbonyl (C=O) groups is 1. The molecule has 0 saturated heterocycles. The Morgan fingerprint density at radius 1 is 1.37 bits per heavy atom. The van der Waals surface area contributed by atoms with Crippen molar-refractivity contribution in [2.24, 2.45) is 11.3 Å². The van der Waals surface area contributed by atoms with Gasteiger partial charge in [-0.3, -0.25) is 0 Å². The normalized spacial score (nSPS) is 49.7. The molecule has 5 atom stereocenters. The summed E-state index contributed by atoms with van der Waals surface area (Å²) in [6, 6.07) is 0. The van der Waals surface area contributed by atoms with Crippen LogP contribution >= 0.6 is 0 Å². The van der Waals surface area contributed by atoms with E-state index in [0.717, 1.165) is 5.57 Å². The minimum atomic E-state index is -0.780. The third-order valence-corrected chi connectivity index (χ3v) is 5.71. The number of aliphatic hydroxyl groups excluding tert-OH is 1. The van der Waals surface area contributed by atoms with E-state index in [9.17, 15) is 15.0 Å². The molecule has 1 heterocycles. The monoisotopic (exact) mass is 266 g/mol. The van der Waals surface area contributed by atoms with Gasteiger partial charge in [0.15, 0.2) is 0 Å². The maximum Gasteiger partial charge on any atom is 0.334 e. The molecule has 0 spiro atoms. The fraction of sp³-hybridized carbons (Fsp3) is 0.800. The van der Waals surface area contributed by atoms with E-state index in [4.69, 9.17) is 4.74 Å². The van der Waals surface area contributed by atoms with Crippen molar-refractivity contribution < 1.29 is 19.7 Å². The molecule has 106 valence electrons. The van der Waals surface area contributed by atoms with Crippen molar-refractivity contribution in [2.45, 2.75) is 64.3 Å². The van der Waals surface area contributed by atoms with Crippen molar-refractivity contribution in [1.82, 2.24) is 0 Å². The molecule has 5 unspecified atom stereocenters. The highest BCUT2D eigenvalue weighted by Gasteiger charge is 2.58. The van der Waals surface area contributed by atoms with Gasteiger partial charge in [0.2, 0.25) is 0 Å². The van der Waals surface area contributed by atoms with Crippen molar-refractivity contribution in [2.75, 3.05) is 0 Å². The van der Waals surface area contributed by atoms with Gasteiger partial charge in [0.25, 0.3) is 0 Å². The van der Waals surface area contributed by atoms with E-state index in [-0.39, 0.29) is 23.4 Å². The fourth-order valence-corrected chi connectivity index (χ4v) is 4.34. The Morgan fingerprint density at radius 2 is 2.05 bits per heavy atom. The highest BCUT2D eigenvalue weighted by molar-refractivity contribution is 5.91. The molecule has 0 aromatic heterocycles. The molecule has 2 N–H and O–H groups in total. The maximum absolute atomic E-state index is 11.7. The number of hydrogen-bond donors (Lipinski definition) is 2. The van der Waals surface area contributed by atoms with Gasteiger partial charge in [-0.2, -0.15) is 0 Å². The number of fused-ring (bicyclic) bond motifs is 2. The summed E-state index contributed by atoms with van der Waals surface area (Å²) in [7, 11) is 0. The van der Waals surface area contributed by atoms with Gasteiger partial charge in [0.05, 0.1) is 11.7 Å². The van der Waals surface area contributed by atoms with Gasteiger partial charge in [-0.15, -0.1) is 0 Å². The van der Waals surface area contributed by atoms with Crippen molar-refractivity contribution in [1.29, 1.82) is 0 Å². The van der Waals surface area contributed by atoms with Gasteiger partial charge in [-0.05, 0) is 51.0 Å². The van der Waals surface area contributed by atoms with Crippen molar-refractivity contribution in [3.63, 3.8) is 0 Å². The third kappa shape index (κ3) is 1.69. The first-order valence-corrected chi connectivity index (χ1v) is 7.07. The number of carbonyl (C=O) groups excluding carboxylic acids is 1. The minimum Gasteiger partial charge on any atom is -0.454 e. The molecule has 0 radical (unpaired) electrons. The summed E-state index contributed by atoms with van der Waals surface area (Å²) < 4.78 is 5.40. The van der Waals surface area contributed by atoms with Crippen molar-refractivity contribution >= 4 is 5.97 Å². The summed E-state index contributed by atoms with van der Waals surface area (Å²) >= 11 is 0. The summed E-state index contributed by atoms with van der Waals surface area (Å²) in [6.45, 7) is 5.68. The van der Waals surface area contributed by atoms with E-state index in [1.165, 1.54) is 0 Å². The predicted molar refractivity (Wildman–Crippen MR) is 69.3 cm³/mol. The second-order valence-electron chi connectivity index (χ2n) is 6.92. The Balaban J connectivity index is 2.02. The van der Waals surface area contributed by atoms with Crippen LogP contribution in [-0.4, -0.2) is 34.0 Å². The van der Waals surface area contributed by atoms with Crippen molar-refractivity contribution in [3.05, 3.63) is 11.1 Å². The average Bonchev–Trinajstić information content (AvgIpc) is 2.59. The standard InChI is InChI=1S/C15H22O4/c1-8-9-6-11-14(2,7-10(9)19-13(8)17)12(16)4-5-15(11,3)18/h10-12,16,18H,4-7H2,1-3H3. The van der Waals surface area contributed by atoms with Crippen LogP contribution in [0.1, 0.15) is 46.5 Å². The van der Waals surface area contributed by atoms with E-state index in [2.05, 4.69) is 0 Å². The summed E-state index contributed by atoms with van der Waals surface area (Å²) in [5.41, 5.74) is 0.573. The molecule has 0 aromatic rings. The second kappa shape index (κ2) is 3.83. The van der Waals surface area contributed by atoms with Crippen LogP contribution < -0.4 is 0 Å². The van der Waals surface area contributed by atoms with E-state index in [0.29, 0.717) is 31.3 Å². The highest BCUT2D eigenvalue weighted by Crippen LogP contribution is 2.57. The fourth-order valence-electron chi connectivity index (χ4n) is 4.34. The topological polar surface area (TPSA) is 66.8 Å². The molecule has 0 bridgehead atoms. The summed E-state index contributed by atoms with van der Waals surface area (Å²) in [5, 5.41) is 21.0. The Labute approximate surface area is 113 Å². The van der Waals surface area contributed by atoms with Gasteiger partial charge >= 0.3 is 5.97 Å².